The summed E-state index contributed by atoms with van der Waals surface area (Å²) in [6.45, 7) is 5.49. The number of furan rings is 1. The van der Waals surface area contributed by atoms with Crippen LogP contribution in [0.2, 0.25) is 0 Å². The molecular formula is C13H19NO4. The molecule has 0 aliphatic rings. The molecule has 100 valence electrons. The van der Waals surface area contributed by atoms with Crippen LogP contribution in [0.1, 0.15) is 35.7 Å². The van der Waals surface area contributed by atoms with Gasteiger partial charge in [0, 0.05) is 25.6 Å². The van der Waals surface area contributed by atoms with E-state index in [0.29, 0.717) is 5.76 Å². The standard InChI is InChI=1S/C13H19NO4/c1-5-10-6-8(2)11(18-10)12(15)14(4)7-9(3)13(16)17/h6,9H,5,7H2,1-4H3,(H,16,17). The van der Waals surface area contributed by atoms with Gasteiger partial charge >= 0.3 is 5.97 Å². The molecule has 5 nitrogen and oxygen atoms in total. The average Bonchev–Trinajstić information content (AvgIpc) is 2.69. The number of carboxylic acid groups (broad SMARTS) is 1. The van der Waals surface area contributed by atoms with E-state index in [9.17, 15) is 9.59 Å². The molecule has 0 aromatic carbocycles. The van der Waals surface area contributed by atoms with E-state index in [2.05, 4.69) is 0 Å². The fourth-order valence-electron chi connectivity index (χ4n) is 1.68. The van der Waals surface area contributed by atoms with Crippen LogP contribution in [0.3, 0.4) is 0 Å². The van der Waals surface area contributed by atoms with Gasteiger partial charge in [-0.25, -0.2) is 0 Å². The molecule has 0 saturated carbocycles. The topological polar surface area (TPSA) is 70.8 Å². The zero-order chi connectivity index (χ0) is 13.9. The molecule has 0 fully saturated rings. The average molecular weight is 253 g/mol. The van der Waals surface area contributed by atoms with E-state index in [4.69, 9.17) is 9.52 Å². The molecule has 0 radical (unpaired) electrons. The Morgan fingerprint density at radius 2 is 2.11 bits per heavy atom. The van der Waals surface area contributed by atoms with Gasteiger partial charge in [0.2, 0.25) is 0 Å². The van der Waals surface area contributed by atoms with Gasteiger partial charge in [-0.15, -0.1) is 0 Å². The van der Waals surface area contributed by atoms with E-state index in [-0.39, 0.29) is 12.5 Å². The smallest absolute Gasteiger partial charge is 0.308 e. The van der Waals surface area contributed by atoms with Crippen molar-refractivity contribution in [3.8, 4) is 0 Å². The van der Waals surface area contributed by atoms with Crippen LogP contribution < -0.4 is 0 Å². The quantitative estimate of drug-likeness (QED) is 0.870. The van der Waals surface area contributed by atoms with Gasteiger partial charge in [0.05, 0.1) is 5.92 Å². The molecule has 0 saturated heterocycles. The molecular weight excluding hydrogens is 234 g/mol. The number of rotatable bonds is 5. The monoisotopic (exact) mass is 253 g/mol. The summed E-state index contributed by atoms with van der Waals surface area (Å²) in [5.41, 5.74) is 0.784. The fraction of sp³-hybridized carbons (Fsp3) is 0.538. The molecule has 0 aliphatic heterocycles. The number of hydrogen-bond donors (Lipinski definition) is 1. The first-order valence-corrected chi connectivity index (χ1v) is 5.94. The first-order valence-electron chi connectivity index (χ1n) is 5.94. The van der Waals surface area contributed by atoms with E-state index in [1.807, 2.05) is 19.9 Å². The van der Waals surface area contributed by atoms with Gasteiger partial charge in [0.15, 0.2) is 5.76 Å². The minimum atomic E-state index is -0.917. The van der Waals surface area contributed by atoms with Crippen LogP contribution in [0.25, 0.3) is 0 Å². The number of aliphatic carboxylic acids is 1. The highest BCUT2D eigenvalue weighted by Crippen LogP contribution is 2.17. The molecule has 18 heavy (non-hydrogen) atoms. The van der Waals surface area contributed by atoms with Crippen LogP contribution in [-0.4, -0.2) is 35.5 Å². The summed E-state index contributed by atoms with van der Waals surface area (Å²) in [6.07, 6.45) is 0.726. The van der Waals surface area contributed by atoms with Crippen molar-refractivity contribution in [2.45, 2.75) is 27.2 Å². The molecule has 1 amide bonds. The Labute approximate surface area is 106 Å². The predicted molar refractivity (Wildman–Crippen MR) is 66.6 cm³/mol. The third kappa shape index (κ3) is 3.12. The second-order valence-electron chi connectivity index (χ2n) is 4.50. The summed E-state index contributed by atoms with van der Waals surface area (Å²) in [7, 11) is 1.58. The van der Waals surface area contributed by atoms with Crippen molar-refractivity contribution < 1.29 is 19.1 Å². The van der Waals surface area contributed by atoms with Crippen LogP contribution in [0.5, 0.6) is 0 Å². The third-order valence-corrected chi connectivity index (χ3v) is 2.83. The predicted octanol–water partition coefficient (Wildman–Crippen LogP) is 1.94. The lowest BCUT2D eigenvalue weighted by Gasteiger charge is -2.18. The van der Waals surface area contributed by atoms with Gasteiger partial charge in [-0.1, -0.05) is 13.8 Å². The largest absolute Gasteiger partial charge is 0.481 e. The zero-order valence-electron chi connectivity index (χ0n) is 11.2. The number of amides is 1. The molecule has 1 N–H and O–H groups in total. The molecule has 5 heteroatoms. The van der Waals surface area contributed by atoms with Crippen molar-refractivity contribution >= 4 is 11.9 Å². The second-order valence-corrected chi connectivity index (χ2v) is 4.50. The molecule has 1 aromatic rings. The highest BCUT2D eigenvalue weighted by Gasteiger charge is 2.22. The summed E-state index contributed by atoms with van der Waals surface area (Å²) < 4.78 is 5.45. The van der Waals surface area contributed by atoms with Gasteiger partial charge in [0.25, 0.3) is 5.91 Å². The Balaban J connectivity index is 2.79. The normalized spacial score (nSPS) is 12.2. The van der Waals surface area contributed by atoms with Gasteiger partial charge < -0.3 is 14.4 Å². The summed E-state index contributed by atoms with van der Waals surface area (Å²) in [4.78, 5) is 24.2. The van der Waals surface area contributed by atoms with E-state index in [1.165, 1.54) is 4.90 Å². The van der Waals surface area contributed by atoms with Crippen LogP contribution in [0.4, 0.5) is 0 Å². The number of aryl methyl sites for hydroxylation is 2. The summed E-state index contributed by atoms with van der Waals surface area (Å²) in [5.74, 6) is -0.734. The number of carbonyl (C=O) groups excluding carboxylic acids is 1. The molecule has 1 atom stereocenters. The molecule has 1 unspecified atom stereocenters. The summed E-state index contributed by atoms with van der Waals surface area (Å²) in [6, 6.07) is 1.84. The number of nitrogens with zero attached hydrogens (tertiary/aromatic N) is 1. The van der Waals surface area contributed by atoms with Gasteiger partial charge in [-0.3, -0.25) is 9.59 Å². The Hall–Kier alpha value is -1.78. The number of hydrogen-bond acceptors (Lipinski definition) is 3. The molecule has 1 heterocycles. The third-order valence-electron chi connectivity index (χ3n) is 2.83. The lowest BCUT2D eigenvalue weighted by molar-refractivity contribution is -0.141. The van der Waals surface area contributed by atoms with Crippen molar-refractivity contribution in [2.24, 2.45) is 5.92 Å². The van der Waals surface area contributed by atoms with E-state index < -0.39 is 11.9 Å². The Morgan fingerprint density at radius 1 is 1.50 bits per heavy atom. The SMILES string of the molecule is CCc1cc(C)c(C(=O)N(C)CC(C)C(=O)O)o1. The minimum absolute atomic E-state index is 0.162. The van der Waals surface area contributed by atoms with Gasteiger partial charge in [-0.2, -0.15) is 0 Å². The maximum absolute atomic E-state index is 12.1. The number of carbonyl (C=O) groups is 2. The van der Waals surface area contributed by atoms with Crippen molar-refractivity contribution in [1.29, 1.82) is 0 Å². The lowest BCUT2D eigenvalue weighted by atomic mass is 10.1. The van der Waals surface area contributed by atoms with Gasteiger partial charge in [-0.05, 0) is 13.0 Å². The first-order chi connectivity index (χ1) is 8.36. The maximum Gasteiger partial charge on any atom is 0.308 e. The highest BCUT2D eigenvalue weighted by molar-refractivity contribution is 5.93. The minimum Gasteiger partial charge on any atom is -0.481 e. The molecule has 1 aromatic heterocycles. The van der Waals surface area contributed by atoms with Crippen molar-refractivity contribution in [3.05, 3.63) is 23.2 Å². The van der Waals surface area contributed by atoms with Crippen LogP contribution in [0.15, 0.2) is 10.5 Å². The van der Waals surface area contributed by atoms with E-state index in [1.54, 1.807) is 14.0 Å². The van der Waals surface area contributed by atoms with Crippen molar-refractivity contribution in [1.82, 2.24) is 4.90 Å². The summed E-state index contributed by atoms with van der Waals surface area (Å²) >= 11 is 0. The van der Waals surface area contributed by atoms with Crippen LogP contribution in [0, 0.1) is 12.8 Å². The van der Waals surface area contributed by atoms with E-state index >= 15 is 0 Å². The fourth-order valence-corrected chi connectivity index (χ4v) is 1.68. The maximum atomic E-state index is 12.1. The second kappa shape index (κ2) is 5.71. The van der Waals surface area contributed by atoms with Crippen LogP contribution in [-0.2, 0) is 11.2 Å². The van der Waals surface area contributed by atoms with Gasteiger partial charge in [0.1, 0.15) is 5.76 Å². The molecule has 0 spiro atoms. The number of carboxylic acids is 1. The van der Waals surface area contributed by atoms with E-state index in [0.717, 1.165) is 17.7 Å². The zero-order valence-corrected chi connectivity index (χ0v) is 11.2. The lowest BCUT2D eigenvalue weighted by Crippen LogP contribution is -2.33. The molecule has 0 aliphatic carbocycles. The molecule has 0 bridgehead atoms. The first kappa shape index (κ1) is 14.3. The Morgan fingerprint density at radius 3 is 2.56 bits per heavy atom. The van der Waals surface area contributed by atoms with Crippen molar-refractivity contribution in [3.63, 3.8) is 0 Å². The van der Waals surface area contributed by atoms with Crippen LogP contribution >= 0.6 is 0 Å². The Bertz CT molecular complexity index is 450. The highest BCUT2D eigenvalue weighted by atomic mass is 16.4. The van der Waals surface area contributed by atoms with Crippen molar-refractivity contribution in [2.75, 3.05) is 13.6 Å². The molecule has 1 rings (SSSR count). The Kier molecular flexibility index (Phi) is 4.53. The summed E-state index contributed by atoms with van der Waals surface area (Å²) in [5, 5.41) is 8.82.